The first kappa shape index (κ1) is 21.2. The summed E-state index contributed by atoms with van der Waals surface area (Å²) in [4.78, 5) is 28.1. The third-order valence-electron chi connectivity index (χ3n) is 6.33. The molecule has 2 aliphatic rings. The molecule has 0 spiro atoms. The molecular weight excluding hydrogens is 418 g/mol. The fourth-order valence-corrected chi connectivity index (χ4v) is 4.44. The van der Waals surface area contributed by atoms with E-state index in [0.717, 1.165) is 11.1 Å². The number of benzene rings is 3. The number of Topliss-reactive ketones (excluding diaryl/α,β-unsaturated/α-hetero) is 1. The molecular formula is C27H25NO5. The fraction of sp³-hybridized carbons (Fsp3) is 0.259. The van der Waals surface area contributed by atoms with Crippen molar-refractivity contribution in [2.24, 2.45) is 0 Å². The number of anilines is 1. The van der Waals surface area contributed by atoms with Gasteiger partial charge in [0.2, 0.25) is 6.79 Å². The molecule has 1 atom stereocenters. The molecule has 168 valence electrons. The van der Waals surface area contributed by atoms with Crippen LogP contribution in [0.5, 0.6) is 11.5 Å². The van der Waals surface area contributed by atoms with Crippen molar-refractivity contribution >= 4 is 17.4 Å². The van der Waals surface area contributed by atoms with Gasteiger partial charge in [0.15, 0.2) is 22.9 Å². The Kier molecular flexibility index (Phi) is 5.17. The maximum atomic E-state index is 13.5. The number of nitrogens with zero attached hydrogens (tertiary/aromatic N) is 1. The summed E-state index contributed by atoms with van der Waals surface area (Å²) in [6, 6.07) is 19.9. The first-order valence-electron chi connectivity index (χ1n) is 11.0. The summed E-state index contributed by atoms with van der Waals surface area (Å²) >= 11 is 0. The molecule has 0 saturated carbocycles. The average molecular weight is 443 g/mol. The van der Waals surface area contributed by atoms with Crippen molar-refractivity contribution in [1.82, 2.24) is 0 Å². The molecule has 0 aliphatic carbocycles. The summed E-state index contributed by atoms with van der Waals surface area (Å²) in [5, 5.41) is 11.5. The first-order chi connectivity index (χ1) is 15.9. The molecule has 0 bridgehead atoms. The average Bonchev–Trinajstić information content (AvgIpc) is 3.36. The van der Waals surface area contributed by atoms with Crippen molar-refractivity contribution in [3.05, 3.63) is 89.0 Å². The summed E-state index contributed by atoms with van der Waals surface area (Å²) in [6.07, 6.45) is -0.318. The number of carbonyl (C=O) groups excluding carboxylic acids is 2. The largest absolute Gasteiger partial charge is 0.454 e. The highest BCUT2D eigenvalue weighted by Crippen LogP contribution is 2.44. The SMILES string of the molecule is CC(C)c1ccc(C(=O)C[C@]2(O)C(=O)N(Cc3ccc4c(c3)OCO4)c3ccccc32)cc1. The molecule has 6 nitrogen and oxygen atoms in total. The van der Waals surface area contributed by atoms with E-state index in [9.17, 15) is 14.7 Å². The predicted molar refractivity (Wildman–Crippen MR) is 124 cm³/mol. The highest BCUT2D eigenvalue weighted by molar-refractivity contribution is 6.10. The van der Waals surface area contributed by atoms with Gasteiger partial charge in [0.25, 0.3) is 5.91 Å². The third kappa shape index (κ3) is 3.66. The third-order valence-corrected chi connectivity index (χ3v) is 6.33. The normalized spacial score (nSPS) is 18.7. The second-order valence-corrected chi connectivity index (χ2v) is 8.83. The second kappa shape index (κ2) is 8.05. The van der Waals surface area contributed by atoms with Crippen molar-refractivity contribution in [3.63, 3.8) is 0 Å². The van der Waals surface area contributed by atoms with Crippen molar-refractivity contribution in [3.8, 4) is 11.5 Å². The fourth-order valence-electron chi connectivity index (χ4n) is 4.44. The highest BCUT2D eigenvalue weighted by Gasteiger charge is 2.50. The van der Waals surface area contributed by atoms with Crippen LogP contribution < -0.4 is 14.4 Å². The van der Waals surface area contributed by atoms with Gasteiger partial charge in [-0.1, -0.05) is 62.4 Å². The molecule has 1 N–H and O–H groups in total. The van der Waals surface area contributed by atoms with Gasteiger partial charge in [-0.3, -0.25) is 9.59 Å². The lowest BCUT2D eigenvalue weighted by Gasteiger charge is -2.23. The van der Waals surface area contributed by atoms with E-state index in [1.54, 1.807) is 36.4 Å². The van der Waals surface area contributed by atoms with Crippen LogP contribution in [-0.4, -0.2) is 23.6 Å². The molecule has 0 radical (unpaired) electrons. The van der Waals surface area contributed by atoms with Crippen LogP contribution in [0.1, 0.15) is 53.2 Å². The maximum Gasteiger partial charge on any atom is 0.264 e. The molecule has 5 rings (SSSR count). The minimum absolute atomic E-state index is 0.171. The zero-order chi connectivity index (χ0) is 23.2. The number of hydrogen-bond donors (Lipinski definition) is 1. The Labute approximate surface area is 192 Å². The van der Waals surface area contributed by atoms with E-state index in [2.05, 4.69) is 13.8 Å². The molecule has 0 unspecified atom stereocenters. The summed E-state index contributed by atoms with van der Waals surface area (Å²) in [7, 11) is 0. The van der Waals surface area contributed by atoms with Gasteiger partial charge >= 0.3 is 0 Å². The van der Waals surface area contributed by atoms with E-state index < -0.39 is 11.5 Å². The van der Waals surface area contributed by atoms with Gasteiger partial charge in [-0.25, -0.2) is 0 Å². The van der Waals surface area contributed by atoms with Gasteiger partial charge in [-0.05, 0) is 35.2 Å². The number of amides is 1. The van der Waals surface area contributed by atoms with Crippen LogP contribution in [0.15, 0.2) is 66.7 Å². The summed E-state index contributed by atoms with van der Waals surface area (Å²) < 4.78 is 10.8. The van der Waals surface area contributed by atoms with E-state index in [1.807, 2.05) is 30.3 Å². The Morgan fingerprint density at radius 1 is 1.03 bits per heavy atom. The molecule has 0 aromatic heterocycles. The van der Waals surface area contributed by atoms with E-state index in [-0.39, 0.29) is 25.5 Å². The van der Waals surface area contributed by atoms with Gasteiger partial charge < -0.3 is 19.5 Å². The van der Waals surface area contributed by atoms with E-state index in [0.29, 0.717) is 34.2 Å². The molecule has 6 heteroatoms. The monoisotopic (exact) mass is 443 g/mol. The summed E-state index contributed by atoms with van der Waals surface area (Å²) in [6.45, 7) is 4.58. The minimum Gasteiger partial charge on any atom is -0.454 e. The standard InChI is InChI=1S/C27H25NO5/c1-17(2)19-8-10-20(11-9-19)23(29)14-27(31)21-5-3-4-6-22(21)28(26(27)30)15-18-7-12-24-25(13-18)33-16-32-24/h3-13,17,31H,14-16H2,1-2H3/t27-/m1/s1. The van der Waals surface area contributed by atoms with Crippen LogP contribution in [0, 0.1) is 0 Å². The topological polar surface area (TPSA) is 76.1 Å². The van der Waals surface area contributed by atoms with Crippen LogP contribution in [0.4, 0.5) is 5.69 Å². The number of hydrogen-bond acceptors (Lipinski definition) is 5. The Balaban J connectivity index is 1.43. The number of rotatable bonds is 6. The second-order valence-electron chi connectivity index (χ2n) is 8.83. The smallest absolute Gasteiger partial charge is 0.264 e. The van der Waals surface area contributed by atoms with E-state index in [1.165, 1.54) is 4.90 Å². The van der Waals surface area contributed by atoms with Gasteiger partial charge in [0.1, 0.15) is 0 Å². The van der Waals surface area contributed by atoms with Gasteiger partial charge in [0, 0.05) is 11.1 Å². The number of para-hydroxylation sites is 1. The van der Waals surface area contributed by atoms with Crippen LogP contribution in [0.25, 0.3) is 0 Å². The number of ketones is 1. The number of ether oxygens (including phenoxy) is 2. The van der Waals surface area contributed by atoms with Crippen molar-refractivity contribution in [1.29, 1.82) is 0 Å². The van der Waals surface area contributed by atoms with Gasteiger partial charge in [-0.2, -0.15) is 0 Å². The van der Waals surface area contributed by atoms with Crippen LogP contribution in [0.3, 0.4) is 0 Å². The molecule has 0 saturated heterocycles. The number of carbonyl (C=O) groups is 2. The van der Waals surface area contributed by atoms with Crippen molar-refractivity contribution < 1.29 is 24.2 Å². The van der Waals surface area contributed by atoms with Crippen molar-refractivity contribution in [2.75, 3.05) is 11.7 Å². The molecule has 0 fully saturated rings. The molecule has 2 aliphatic heterocycles. The number of aliphatic hydroxyl groups is 1. The summed E-state index contributed by atoms with van der Waals surface area (Å²) in [5.41, 5.74) is 1.58. The molecule has 33 heavy (non-hydrogen) atoms. The predicted octanol–water partition coefficient (Wildman–Crippen LogP) is 4.55. The van der Waals surface area contributed by atoms with Crippen LogP contribution in [-0.2, 0) is 16.9 Å². The number of fused-ring (bicyclic) bond motifs is 2. The Morgan fingerprint density at radius 2 is 1.76 bits per heavy atom. The quantitative estimate of drug-likeness (QED) is 0.566. The first-order valence-corrected chi connectivity index (χ1v) is 11.0. The Bertz CT molecular complexity index is 1230. The van der Waals surface area contributed by atoms with Gasteiger partial charge in [0.05, 0.1) is 18.7 Å². The zero-order valence-corrected chi connectivity index (χ0v) is 18.6. The molecule has 3 aromatic carbocycles. The van der Waals surface area contributed by atoms with Gasteiger partial charge in [-0.15, -0.1) is 0 Å². The molecule has 3 aromatic rings. The van der Waals surface area contributed by atoms with Crippen LogP contribution >= 0.6 is 0 Å². The highest BCUT2D eigenvalue weighted by atomic mass is 16.7. The lowest BCUT2D eigenvalue weighted by molar-refractivity contribution is -0.136. The molecule has 1 amide bonds. The minimum atomic E-state index is -1.92. The lowest BCUT2D eigenvalue weighted by atomic mass is 9.87. The zero-order valence-electron chi connectivity index (χ0n) is 18.6. The molecule has 2 heterocycles. The van der Waals surface area contributed by atoms with E-state index in [4.69, 9.17) is 9.47 Å². The summed E-state index contributed by atoms with van der Waals surface area (Å²) in [5.74, 6) is 0.862. The van der Waals surface area contributed by atoms with Crippen LogP contribution in [0.2, 0.25) is 0 Å². The van der Waals surface area contributed by atoms with E-state index >= 15 is 0 Å². The lowest BCUT2D eigenvalue weighted by Crippen LogP contribution is -2.41. The Hall–Kier alpha value is -3.64. The Morgan fingerprint density at radius 3 is 2.52 bits per heavy atom. The van der Waals surface area contributed by atoms with Crippen molar-refractivity contribution in [2.45, 2.75) is 38.3 Å². The maximum absolute atomic E-state index is 13.5.